The molecule has 0 saturated heterocycles. The van der Waals surface area contributed by atoms with E-state index in [0.717, 1.165) is 34.8 Å². The highest BCUT2D eigenvalue weighted by atomic mass is 16.3. The number of aryl methyl sites for hydroxylation is 1. The average molecular weight is 451 g/mol. The molecule has 0 bridgehead atoms. The van der Waals surface area contributed by atoms with Crippen LogP contribution in [0.3, 0.4) is 0 Å². The minimum Gasteiger partial charge on any atom is -0.508 e. The summed E-state index contributed by atoms with van der Waals surface area (Å²) >= 11 is 0. The molecule has 174 valence electrons. The second-order valence-electron chi connectivity index (χ2n) is 8.53. The number of phenols is 1. The van der Waals surface area contributed by atoms with Crippen molar-refractivity contribution in [2.24, 2.45) is 5.92 Å². The molecule has 0 heterocycles. The van der Waals surface area contributed by atoms with Crippen LogP contribution in [0.25, 0.3) is 11.4 Å². The van der Waals surface area contributed by atoms with Gasteiger partial charge in [-0.3, -0.25) is 0 Å². The van der Waals surface area contributed by atoms with Gasteiger partial charge in [0.1, 0.15) is 5.75 Å². The van der Waals surface area contributed by atoms with E-state index in [0.29, 0.717) is 11.7 Å². The highest BCUT2D eigenvalue weighted by Gasteiger charge is 2.12. The number of rotatable bonds is 7. The van der Waals surface area contributed by atoms with Crippen molar-refractivity contribution in [1.29, 1.82) is 0 Å². The topological polar surface area (TPSA) is 44.3 Å². The maximum atomic E-state index is 8.92. The van der Waals surface area contributed by atoms with E-state index in [9.17, 15) is 0 Å². The predicted molar refractivity (Wildman–Crippen MR) is 145 cm³/mol. The van der Waals surface area contributed by atoms with Crippen LogP contribution in [0.4, 0.5) is 5.69 Å². The van der Waals surface area contributed by atoms with E-state index in [1.54, 1.807) is 6.07 Å². The number of aromatic hydroxyl groups is 1. The first kappa shape index (κ1) is 24.7. The lowest BCUT2D eigenvalue weighted by Crippen LogP contribution is -2.21. The molecule has 3 nitrogen and oxygen atoms in total. The number of phenolic OH excluding ortho intramolecular Hbond substituents is 1. The first-order valence-electron chi connectivity index (χ1n) is 11.7. The standard InChI is InChI=1S/C24H26N2.C7H8O/c1-19(2)18-25-23(20-12-6-3-7-13-20)24(21-14-8-4-9-15-21)26-22-16-10-5-11-17-22;1-6-4-2-3-5-7(6)8/h3-17,19,25-26H,18H2,1-2H3;2-5,8H,1H3/b24-23-;. The van der Waals surface area contributed by atoms with Crippen molar-refractivity contribution in [3.63, 3.8) is 0 Å². The zero-order valence-corrected chi connectivity index (χ0v) is 20.2. The van der Waals surface area contributed by atoms with Gasteiger partial charge >= 0.3 is 0 Å². The van der Waals surface area contributed by atoms with Gasteiger partial charge in [-0.2, -0.15) is 0 Å². The van der Waals surface area contributed by atoms with Crippen molar-refractivity contribution in [1.82, 2.24) is 5.32 Å². The van der Waals surface area contributed by atoms with Gasteiger partial charge < -0.3 is 15.7 Å². The van der Waals surface area contributed by atoms with Crippen LogP contribution in [0.1, 0.15) is 30.5 Å². The van der Waals surface area contributed by atoms with Gasteiger partial charge in [0.05, 0.1) is 11.4 Å². The molecule has 3 N–H and O–H groups in total. The maximum Gasteiger partial charge on any atom is 0.118 e. The second-order valence-corrected chi connectivity index (χ2v) is 8.53. The third kappa shape index (κ3) is 7.56. The fourth-order valence-corrected chi connectivity index (χ4v) is 3.36. The number of para-hydroxylation sites is 2. The Morgan fingerprint density at radius 3 is 1.59 bits per heavy atom. The summed E-state index contributed by atoms with van der Waals surface area (Å²) in [6, 6.07) is 38.6. The fraction of sp³-hybridized carbons (Fsp3) is 0.161. The highest BCUT2D eigenvalue weighted by molar-refractivity contribution is 5.95. The third-order valence-corrected chi connectivity index (χ3v) is 5.22. The fourth-order valence-electron chi connectivity index (χ4n) is 3.36. The molecule has 0 amide bonds. The van der Waals surface area contributed by atoms with E-state index in [-0.39, 0.29) is 0 Å². The summed E-state index contributed by atoms with van der Waals surface area (Å²) in [4.78, 5) is 0. The van der Waals surface area contributed by atoms with Crippen molar-refractivity contribution in [2.75, 3.05) is 11.9 Å². The molecule has 3 heteroatoms. The molecule has 0 unspecified atom stereocenters. The van der Waals surface area contributed by atoms with Gasteiger partial charge in [0.25, 0.3) is 0 Å². The average Bonchev–Trinajstić information content (AvgIpc) is 2.87. The molecule has 34 heavy (non-hydrogen) atoms. The van der Waals surface area contributed by atoms with Crippen LogP contribution in [0.5, 0.6) is 5.75 Å². The lowest BCUT2D eigenvalue weighted by molar-refractivity contribution is 0.471. The molecular weight excluding hydrogens is 416 g/mol. The lowest BCUT2D eigenvalue weighted by atomic mass is 10.0. The summed E-state index contributed by atoms with van der Waals surface area (Å²) in [5.41, 5.74) is 6.54. The Balaban J connectivity index is 0.000000343. The number of nitrogens with one attached hydrogen (secondary N) is 2. The van der Waals surface area contributed by atoms with Crippen LogP contribution in [0.15, 0.2) is 115 Å². The quantitative estimate of drug-likeness (QED) is 0.254. The predicted octanol–water partition coefficient (Wildman–Crippen LogP) is 7.57. The second kappa shape index (κ2) is 12.9. The molecule has 0 aliphatic carbocycles. The van der Waals surface area contributed by atoms with E-state index in [2.05, 4.69) is 103 Å². The molecule has 0 atom stereocenters. The van der Waals surface area contributed by atoms with Crippen molar-refractivity contribution >= 4 is 17.1 Å². The Morgan fingerprint density at radius 2 is 1.12 bits per heavy atom. The van der Waals surface area contributed by atoms with Gasteiger partial charge in [0.15, 0.2) is 0 Å². The van der Waals surface area contributed by atoms with Crippen LogP contribution < -0.4 is 10.6 Å². The molecule has 0 spiro atoms. The van der Waals surface area contributed by atoms with Crippen LogP contribution >= 0.6 is 0 Å². The molecular formula is C31H34N2O. The number of hydrogen-bond donors (Lipinski definition) is 3. The van der Waals surface area contributed by atoms with Gasteiger partial charge in [-0.15, -0.1) is 0 Å². The van der Waals surface area contributed by atoms with E-state index >= 15 is 0 Å². The highest BCUT2D eigenvalue weighted by Crippen LogP contribution is 2.26. The van der Waals surface area contributed by atoms with Gasteiger partial charge in [0.2, 0.25) is 0 Å². The minimum absolute atomic E-state index is 0.368. The Bertz CT molecular complexity index is 1130. The summed E-state index contributed by atoms with van der Waals surface area (Å²) in [5.74, 6) is 0.926. The number of hydrogen-bond acceptors (Lipinski definition) is 3. The zero-order valence-electron chi connectivity index (χ0n) is 20.2. The molecule has 4 aromatic carbocycles. The number of benzene rings is 4. The van der Waals surface area contributed by atoms with Gasteiger partial charge in [-0.1, -0.05) is 111 Å². The summed E-state index contributed by atoms with van der Waals surface area (Å²) in [6.07, 6.45) is 0. The van der Waals surface area contributed by atoms with E-state index in [4.69, 9.17) is 5.11 Å². The summed E-state index contributed by atoms with van der Waals surface area (Å²) in [7, 11) is 0. The summed E-state index contributed by atoms with van der Waals surface area (Å²) in [5, 5.41) is 16.2. The Morgan fingerprint density at radius 1 is 0.647 bits per heavy atom. The van der Waals surface area contributed by atoms with Crippen molar-refractivity contribution in [3.8, 4) is 5.75 Å². The smallest absolute Gasteiger partial charge is 0.118 e. The molecule has 0 radical (unpaired) electrons. The van der Waals surface area contributed by atoms with Gasteiger partial charge in [-0.25, -0.2) is 0 Å². The maximum absolute atomic E-state index is 8.92. The molecule has 0 fully saturated rings. The van der Waals surface area contributed by atoms with E-state index in [1.165, 1.54) is 5.56 Å². The first-order chi connectivity index (χ1) is 16.5. The minimum atomic E-state index is 0.368. The molecule has 0 aliphatic rings. The largest absolute Gasteiger partial charge is 0.508 e. The molecule has 0 saturated carbocycles. The molecule has 4 rings (SSSR count). The summed E-state index contributed by atoms with van der Waals surface area (Å²) in [6.45, 7) is 7.23. The monoisotopic (exact) mass is 450 g/mol. The Hall–Kier alpha value is -3.98. The van der Waals surface area contributed by atoms with Crippen molar-refractivity contribution < 1.29 is 5.11 Å². The van der Waals surface area contributed by atoms with Gasteiger partial charge in [-0.05, 0) is 42.2 Å². The summed E-state index contributed by atoms with van der Waals surface area (Å²) < 4.78 is 0. The van der Waals surface area contributed by atoms with E-state index in [1.807, 2.05) is 37.3 Å². The lowest BCUT2D eigenvalue weighted by Gasteiger charge is -2.21. The van der Waals surface area contributed by atoms with Crippen LogP contribution in [-0.4, -0.2) is 11.7 Å². The molecule has 0 aliphatic heterocycles. The normalized spacial score (nSPS) is 11.2. The van der Waals surface area contributed by atoms with Crippen molar-refractivity contribution in [3.05, 3.63) is 132 Å². The first-order valence-corrected chi connectivity index (χ1v) is 11.7. The van der Waals surface area contributed by atoms with Crippen molar-refractivity contribution in [2.45, 2.75) is 20.8 Å². The van der Waals surface area contributed by atoms with Crippen LogP contribution in [-0.2, 0) is 0 Å². The Kier molecular flexibility index (Phi) is 9.36. The SMILES string of the molecule is CC(C)CN/C(=C(\Nc1ccccc1)c1ccccc1)c1ccccc1.Cc1ccccc1O. The third-order valence-electron chi connectivity index (χ3n) is 5.22. The molecule has 0 aromatic heterocycles. The zero-order chi connectivity index (χ0) is 24.2. The van der Waals surface area contributed by atoms with Crippen LogP contribution in [0, 0.1) is 12.8 Å². The van der Waals surface area contributed by atoms with Gasteiger partial charge in [0, 0.05) is 17.8 Å². The molecule has 4 aromatic rings. The van der Waals surface area contributed by atoms with Crippen LogP contribution in [0.2, 0.25) is 0 Å². The number of anilines is 1. The Labute approximate surface area is 203 Å². The van der Waals surface area contributed by atoms with E-state index < -0.39 is 0 Å².